The van der Waals surface area contributed by atoms with E-state index in [-0.39, 0.29) is 18.9 Å². The van der Waals surface area contributed by atoms with Crippen LogP contribution in [0.25, 0.3) is 11.0 Å². The van der Waals surface area contributed by atoms with E-state index in [1.54, 1.807) is 24.4 Å². The lowest BCUT2D eigenvalue weighted by Crippen LogP contribution is -2.33. The number of alkyl halides is 1. The Hall–Kier alpha value is -4.45. The van der Waals surface area contributed by atoms with Crippen LogP contribution in [0.3, 0.4) is 0 Å². The maximum Gasteiger partial charge on any atom is 0.234 e. The quantitative estimate of drug-likeness (QED) is 0.328. The molecule has 1 aliphatic carbocycles. The van der Waals surface area contributed by atoms with Crippen LogP contribution in [0.2, 0.25) is 0 Å². The molecule has 1 saturated carbocycles. The van der Waals surface area contributed by atoms with Crippen LogP contribution in [0.4, 0.5) is 21.7 Å². The summed E-state index contributed by atoms with van der Waals surface area (Å²) >= 11 is 0. The van der Waals surface area contributed by atoms with E-state index in [0.717, 1.165) is 28.8 Å². The average Bonchev–Trinajstić information content (AvgIpc) is 3.57. The summed E-state index contributed by atoms with van der Waals surface area (Å²) in [7, 11) is 5.36. The van der Waals surface area contributed by atoms with Gasteiger partial charge in [0, 0.05) is 25.8 Å². The zero-order valence-corrected chi connectivity index (χ0v) is 21.8. The number of carbonyl (C=O) groups excluding carboxylic acids is 1. The van der Waals surface area contributed by atoms with Crippen molar-refractivity contribution < 1.29 is 13.9 Å². The minimum atomic E-state index is -1.15. The highest BCUT2D eigenvalue weighted by molar-refractivity contribution is 6.03. The van der Waals surface area contributed by atoms with Gasteiger partial charge in [0.2, 0.25) is 5.91 Å². The number of ether oxygens (including phenoxy) is 1. The topological polar surface area (TPSA) is 87.3 Å². The van der Waals surface area contributed by atoms with Crippen molar-refractivity contribution in [3.05, 3.63) is 71.5 Å². The van der Waals surface area contributed by atoms with Gasteiger partial charge in [-0.1, -0.05) is 25.1 Å². The van der Waals surface area contributed by atoms with Crippen molar-refractivity contribution in [3.8, 4) is 11.8 Å². The van der Waals surface area contributed by atoms with Crippen LogP contribution in [0, 0.1) is 17.2 Å². The molecule has 2 atom stereocenters. The number of halogens is 1. The summed E-state index contributed by atoms with van der Waals surface area (Å²) in [5.74, 6) is 0.667. The van der Waals surface area contributed by atoms with Crippen LogP contribution in [0.1, 0.15) is 30.0 Å². The molecule has 1 fully saturated rings. The van der Waals surface area contributed by atoms with Gasteiger partial charge >= 0.3 is 0 Å². The summed E-state index contributed by atoms with van der Waals surface area (Å²) in [4.78, 5) is 26.5. The Morgan fingerprint density at radius 1 is 1.24 bits per heavy atom. The van der Waals surface area contributed by atoms with Gasteiger partial charge in [0.1, 0.15) is 23.3 Å². The van der Waals surface area contributed by atoms with Gasteiger partial charge in [0.25, 0.3) is 0 Å². The fourth-order valence-corrected chi connectivity index (χ4v) is 4.62. The molecule has 194 valence electrons. The number of rotatable bonds is 8. The van der Waals surface area contributed by atoms with E-state index in [1.165, 1.54) is 0 Å². The number of benzene rings is 2. The van der Waals surface area contributed by atoms with Gasteiger partial charge in [-0.15, -0.1) is 0 Å². The maximum absolute atomic E-state index is 14.1. The summed E-state index contributed by atoms with van der Waals surface area (Å²) in [5.41, 5.74) is 4.66. The summed E-state index contributed by atoms with van der Waals surface area (Å²) < 4.78 is 21.2. The van der Waals surface area contributed by atoms with E-state index < -0.39 is 12.1 Å². The van der Waals surface area contributed by atoms with Crippen molar-refractivity contribution in [2.45, 2.75) is 32.5 Å². The Morgan fingerprint density at radius 3 is 2.61 bits per heavy atom. The Morgan fingerprint density at radius 2 is 1.97 bits per heavy atom. The Bertz CT molecular complexity index is 1540. The number of anilines is 3. The second-order valence-corrected chi connectivity index (χ2v) is 9.53. The van der Waals surface area contributed by atoms with Crippen molar-refractivity contribution >= 4 is 34.3 Å². The molecular weight excluding hydrogens is 483 g/mol. The summed E-state index contributed by atoms with van der Waals surface area (Å²) in [5, 5.41) is 9.48. The maximum atomic E-state index is 14.1. The molecule has 4 aromatic rings. The molecule has 2 aromatic heterocycles. The van der Waals surface area contributed by atoms with E-state index in [2.05, 4.69) is 18.0 Å². The first-order chi connectivity index (χ1) is 18.3. The lowest BCUT2D eigenvalue weighted by molar-refractivity contribution is -0.120. The third kappa shape index (κ3) is 4.65. The molecule has 8 nitrogen and oxygen atoms in total. The van der Waals surface area contributed by atoms with Crippen LogP contribution >= 0.6 is 0 Å². The van der Waals surface area contributed by atoms with E-state index in [1.807, 2.05) is 66.0 Å². The van der Waals surface area contributed by atoms with Gasteiger partial charge in [-0.25, -0.2) is 14.4 Å². The molecule has 5 rings (SSSR count). The predicted molar refractivity (Wildman–Crippen MR) is 144 cm³/mol. The molecule has 1 aliphatic rings. The molecule has 38 heavy (non-hydrogen) atoms. The number of methoxy groups -OCH3 is 1. The Kier molecular flexibility index (Phi) is 6.72. The minimum Gasteiger partial charge on any atom is -0.497 e. The fraction of sp³-hybridized carbons (Fsp3) is 0.310. The van der Waals surface area contributed by atoms with Crippen molar-refractivity contribution in [1.82, 2.24) is 14.5 Å². The largest absolute Gasteiger partial charge is 0.497 e. The molecule has 0 aliphatic heterocycles. The molecule has 0 bridgehead atoms. The molecule has 0 N–H and O–H groups in total. The normalized spacial score (nSPS) is 16.2. The highest BCUT2D eigenvalue weighted by Crippen LogP contribution is 2.39. The monoisotopic (exact) mass is 512 g/mol. The first kappa shape index (κ1) is 25.2. The zero-order valence-electron chi connectivity index (χ0n) is 21.8. The number of nitrogens with zero attached hydrogens (tertiary/aromatic N) is 6. The highest BCUT2D eigenvalue weighted by Gasteiger charge is 2.46. The first-order valence-electron chi connectivity index (χ1n) is 12.5. The van der Waals surface area contributed by atoms with Gasteiger partial charge in [0.15, 0.2) is 5.82 Å². The van der Waals surface area contributed by atoms with Crippen LogP contribution in [0.15, 0.2) is 54.9 Å². The second-order valence-electron chi connectivity index (χ2n) is 9.53. The smallest absolute Gasteiger partial charge is 0.234 e. The number of aryl methyl sites for hydroxylation is 2. The van der Waals surface area contributed by atoms with Crippen LogP contribution in [-0.2, 0) is 24.8 Å². The third-order valence-corrected chi connectivity index (χ3v) is 7.03. The predicted octanol–water partition coefficient (Wildman–Crippen LogP) is 5.07. The summed E-state index contributed by atoms with van der Waals surface area (Å²) in [6.07, 6.45) is 1.52. The van der Waals surface area contributed by atoms with Crippen LogP contribution in [0.5, 0.6) is 5.75 Å². The Labute approximate surface area is 220 Å². The number of carbonyl (C=O) groups is 1. The van der Waals surface area contributed by atoms with E-state index in [9.17, 15) is 14.4 Å². The van der Waals surface area contributed by atoms with Gasteiger partial charge < -0.3 is 14.2 Å². The van der Waals surface area contributed by atoms with Crippen LogP contribution < -0.4 is 14.5 Å². The van der Waals surface area contributed by atoms with E-state index in [0.29, 0.717) is 28.5 Å². The van der Waals surface area contributed by atoms with E-state index in [4.69, 9.17) is 9.72 Å². The second kappa shape index (κ2) is 10.1. The molecule has 0 radical (unpaired) electrons. The number of nitriles is 1. The molecular formula is C29H29FN6O2. The summed E-state index contributed by atoms with van der Waals surface area (Å²) in [6.45, 7) is 2.27. The zero-order chi connectivity index (χ0) is 27.0. The number of aromatic nitrogens is 3. The molecule has 2 heterocycles. The van der Waals surface area contributed by atoms with Crippen molar-refractivity contribution in [2.75, 3.05) is 24.0 Å². The number of fused-ring (bicyclic) bond motifs is 1. The van der Waals surface area contributed by atoms with Crippen molar-refractivity contribution in [3.63, 3.8) is 0 Å². The lowest BCUT2D eigenvalue weighted by atomic mass is 10.1. The molecule has 9 heteroatoms. The molecule has 0 saturated heterocycles. The fourth-order valence-electron chi connectivity index (χ4n) is 4.62. The SMILES string of the molecule is CCc1ccc(C#N)cc1N(C)c1cc2c(ncn2C)c(N(Cc2ccc(OC)cc2)C(=O)[C@H]2C[C@H]2F)n1. The Balaban J connectivity index is 1.64. The number of hydrogen-bond donors (Lipinski definition) is 0. The average molecular weight is 513 g/mol. The number of amides is 1. The number of hydrogen-bond acceptors (Lipinski definition) is 6. The molecule has 0 spiro atoms. The van der Waals surface area contributed by atoms with Gasteiger partial charge in [-0.3, -0.25) is 9.69 Å². The number of imidazole rings is 1. The standard InChI is InChI=1S/C29H29FN6O2/c1-5-20-9-6-19(15-31)12-24(20)35(3)26-14-25-27(32-17-34(25)2)28(33-26)36(29(37)22-13-23(22)30)16-18-7-10-21(38-4)11-8-18/h6-12,14,17,22-23H,5,13,16H2,1-4H3/t22-,23+/m0/s1. The number of pyridine rings is 1. The van der Waals surface area contributed by atoms with Gasteiger partial charge in [-0.2, -0.15) is 5.26 Å². The third-order valence-electron chi connectivity index (χ3n) is 7.03. The first-order valence-corrected chi connectivity index (χ1v) is 12.5. The van der Waals surface area contributed by atoms with Gasteiger partial charge in [0.05, 0.1) is 43.0 Å². The molecule has 2 aromatic carbocycles. The molecule has 0 unspecified atom stereocenters. The lowest BCUT2D eigenvalue weighted by Gasteiger charge is -2.26. The van der Waals surface area contributed by atoms with E-state index >= 15 is 0 Å². The molecule has 1 amide bonds. The minimum absolute atomic E-state index is 0.210. The summed E-state index contributed by atoms with van der Waals surface area (Å²) in [6, 6.07) is 17.1. The van der Waals surface area contributed by atoms with Crippen LogP contribution in [-0.4, -0.2) is 40.8 Å². The van der Waals surface area contributed by atoms with Crippen molar-refractivity contribution in [2.24, 2.45) is 13.0 Å². The highest BCUT2D eigenvalue weighted by atomic mass is 19.1. The van der Waals surface area contributed by atoms with Crippen molar-refractivity contribution in [1.29, 1.82) is 5.26 Å². The van der Waals surface area contributed by atoms with Gasteiger partial charge in [-0.05, 0) is 48.2 Å².